The molecular weight excluding hydrogens is 228 g/mol. The minimum absolute atomic E-state index is 0.905. The van der Waals surface area contributed by atoms with E-state index in [0.717, 1.165) is 23.1 Å². The number of methoxy groups -OCH3 is 1. The Hall–Kier alpha value is -0.760. The lowest BCUT2D eigenvalue weighted by Crippen LogP contribution is -1.88. The molecule has 0 saturated heterocycles. The van der Waals surface area contributed by atoms with Gasteiger partial charge in [0.1, 0.15) is 5.75 Å². The monoisotopic (exact) mass is 240 g/mol. The van der Waals surface area contributed by atoms with Gasteiger partial charge in [0.2, 0.25) is 0 Å². The predicted molar refractivity (Wildman–Crippen MR) is 59.2 cm³/mol. The number of allylic oxidation sites excluding steroid dienone is 1. The maximum Gasteiger partial charge on any atom is 0.119 e. The van der Waals surface area contributed by atoms with E-state index in [2.05, 4.69) is 22.5 Å². The number of halogens is 1. The molecule has 0 aliphatic heterocycles. The highest BCUT2D eigenvalue weighted by Gasteiger charge is 2.00. The second-order valence-corrected chi connectivity index (χ2v) is 3.64. The molecule has 0 heterocycles. The van der Waals surface area contributed by atoms with E-state index in [0.29, 0.717) is 0 Å². The fourth-order valence-electron chi connectivity index (χ4n) is 1.13. The van der Waals surface area contributed by atoms with Crippen molar-refractivity contribution in [3.05, 3.63) is 40.9 Å². The molecule has 0 atom stereocenters. The average molecular weight is 241 g/mol. The van der Waals surface area contributed by atoms with Crippen molar-refractivity contribution in [2.24, 2.45) is 0 Å². The summed E-state index contributed by atoms with van der Waals surface area (Å²) in [6.07, 6.45) is 3.92. The van der Waals surface area contributed by atoms with E-state index < -0.39 is 0 Å². The van der Waals surface area contributed by atoms with Gasteiger partial charge in [-0.2, -0.15) is 0 Å². The molecule has 0 spiro atoms. The summed E-state index contributed by atoms with van der Waals surface area (Å²) in [5.74, 6) is 0.905. The van der Waals surface area contributed by atoms with Crippen LogP contribution in [-0.4, -0.2) is 7.11 Å². The second kappa shape index (κ2) is 5.07. The number of aryl methyl sites for hydroxylation is 1. The Balaban J connectivity index is 2.83. The fraction of sp³-hybridized carbons (Fsp3) is 0.273. The summed E-state index contributed by atoms with van der Waals surface area (Å²) in [6.45, 7) is 3.70. The first-order valence-electron chi connectivity index (χ1n) is 4.21. The van der Waals surface area contributed by atoms with Gasteiger partial charge in [-0.15, -0.1) is 6.58 Å². The Morgan fingerprint density at radius 3 is 2.92 bits per heavy atom. The third-order valence-electron chi connectivity index (χ3n) is 1.87. The first-order chi connectivity index (χ1) is 6.27. The van der Waals surface area contributed by atoms with E-state index in [-0.39, 0.29) is 0 Å². The number of benzene rings is 1. The van der Waals surface area contributed by atoms with Gasteiger partial charge in [0, 0.05) is 4.47 Å². The maximum absolute atomic E-state index is 5.14. The molecule has 1 rings (SSSR count). The molecule has 0 aliphatic rings. The summed E-state index contributed by atoms with van der Waals surface area (Å²) >= 11 is 3.50. The maximum atomic E-state index is 5.14. The van der Waals surface area contributed by atoms with Gasteiger partial charge in [-0.3, -0.25) is 0 Å². The molecule has 0 radical (unpaired) electrons. The highest BCUT2D eigenvalue weighted by atomic mass is 79.9. The van der Waals surface area contributed by atoms with Crippen molar-refractivity contribution in [1.29, 1.82) is 0 Å². The smallest absolute Gasteiger partial charge is 0.119 e. The zero-order valence-electron chi connectivity index (χ0n) is 7.72. The van der Waals surface area contributed by atoms with Crippen LogP contribution in [-0.2, 0) is 6.42 Å². The molecule has 0 aliphatic carbocycles. The van der Waals surface area contributed by atoms with Crippen LogP contribution in [0.15, 0.2) is 35.3 Å². The van der Waals surface area contributed by atoms with E-state index in [9.17, 15) is 0 Å². The lowest BCUT2D eigenvalue weighted by Gasteiger charge is -2.05. The molecule has 0 fully saturated rings. The summed E-state index contributed by atoms with van der Waals surface area (Å²) < 4.78 is 6.28. The third-order valence-corrected chi connectivity index (χ3v) is 2.64. The van der Waals surface area contributed by atoms with Crippen LogP contribution in [0.1, 0.15) is 12.0 Å². The summed E-state index contributed by atoms with van der Waals surface area (Å²) in [5, 5.41) is 0. The summed E-state index contributed by atoms with van der Waals surface area (Å²) in [5.41, 5.74) is 1.26. The van der Waals surface area contributed by atoms with Gasteiger partial charge in [-0.25, -0.2) is 0 Å². The Morgan fingerprint density at radius 1 is 1.54 bits per heavy atom. The third kappa shape index (κ3) is 2.88. The molecule has 13 heavy (non-hydrogen) atoms. The molecular formula is C11H13BrO. The molecule has 70 valence electrons. The highest BCUT2D eigenvalue weighted by molar-refractivity contribution is 9.10. The molecule has 0 unspecified atom stereocenters. The standard InChI is InChI=1S/C11H13BrO/c1-3-4-5-9-8-10(13-2)6-7-11(9)12/h3,6-8H,1,4-5H2,2H3. The predicted octanol–water partition coefficient (Wildman–Crippen LogP) is 3.58. The zero-order valence-corrected chi connectivity index (χ0v) is 9.30. The van der Waals surface area contributed by atoms with Gasteiger partial charge in [0.25, 0.3) is 0 Å². The summed E-state index contributed by atoms with van der Waals surface area (Å²) in [6, 6.07) is 6.01. The van der Waals surface area contributed by atoms with E-state index in [4.69, 9.17) is 4.74 Å². The normalized spacial score (nSPS) is 9.69. The van der Waals surface area contributed by atoms with E-state index in [1.165, 1.54) is 5.56 Å². The van der Waals surface area contributed by atoms with Crippen LogP contribution in [0.25, 0.3) is 0 Å². The molecule has 0 saturated carbocycles. The van der Waals surface area contributed by atoms with Crippen molar-refractivity contribution in [2.45, 2.75) is 12.8 Å². The van der Waals surface area contributed by atoms with Crippen LogP contribution in [0.5, 0.6) is 5.75 Å². The Kier molecular flexibility index (Phi) is 4.03. The van der Waals surface area contributed by atoms with Gasteiger partial charge in [-0.1, -0.05) is 22.0 Å². The summed E-state index contributed by atoms with van der Waals surface area (Å²) in [7, 11) is 1.68. The highest BCUT2D eigenvalue weighted by Crippen LogP contribution is 2.23. The van der Waals surface area contributed by atoms with Gasteiger partial charge in [0.15, 0.2) is 0 Å². The molecule has 1 aromatic carbocycles. The largest absolute Gasteiger partial charge is 0.497 e. The number of ether oxygens (including phenoxy) is 1. The zero-order chi connectivity index (χ0) is 9.68. The lowest BCUT2D eigenvalue weighted by molar-refractivity contribution is 0.414. The topological polar surface area (TPSA) is 9.23 Å². The average Bonchev–Trinajstić information content (AvgIpc) is 2.17. The summed E-state index contributed by atoms with van der Waals surface area (Å²) in [4.78, 5) is 0. The number of rotatable bonds is 4. The van der Waals surface area contributed by atoms with Crippen LogP contribution in [0.4, 0.5) is 0 Å². The van der Waals surface area contributed by atoms with Crippen molar-refractivity contribution in [3.8, 4) is 5.75 Å². The number of hydrogen-bond acceptors (Lipinski definition) is 1. The first-order valence-corrected chi connectivity index (χ1v) is 5.00. The van der Waals surface area contributed by atoms with Crippen molar-refractivity contribution < 1.29 is 4.74 Å². The Labute approximate surface area is 87.5 Å². The first kappa shape index (κ1) is 10.3. The van der Waals surface area contributed by atoms with E-state index >= 15 is 0 Å². The lowest BCUT2D eigenvalue weighted by atomic mass is 10.1. The van der Waals surface area contributed by atoms with Crippen LogP contribution in [0.2, 0.25) is 0 Å². The molecule has 1 nitrogen and oxygen atoms in total. The van der Waals surface area contributed by atoms with Crippen molar-refractivity contribution >= 4 is 15.9 Å². The second-order valence-electron chi connectivity index (χ2n) is 2.78. The fourth-order valence-corrected chi connectivity index (χ4v) is 1.57. The van der Waals surface area contributed by atoms with Crippen LogP contribution in [0, 0.1) is 0 Å². The van der Waals surface area contributed by atoms with Gasteiger partial charge in [-0.05, 0) is 36.6 Å². The van der Waals surface area contributed by atoms with E-state index in [1.807, 2.05) is 24.3 Å². The minimum atomic E-state index is 0.905. The van der Waals surface area contributed by atoms with Crippen molar-refractivity contribution in [2.75, 3.05) is 7.11 Å². The number of hydrogen-bond donors (Lipinski definition) is 0. The van der Waals surface area contributed by atoms with Gasteiger partial charge >= 0.3 is 0 Å². The van der Waals surface area contributed by atoms with Crippen molar-refractivity contribution in [3.63, 3.8) is 0 Å². The van der Waals surface area contributed by atoms with Crippen LogP contribution < -0.4 is 4.74 Å². The SMILES string of the molecule is C=CCCc1cc(OC)ccc1Br. The van der Waals surface area contributed by atoms with Gasteiger partial charge in [0.05, 0.1) is 7.11 Å². The molecule has 0 aromatic heterocycles. The Bertz CT molecular complexity index is 294. The van der Waals surface area contributed by atoms with Gasteiger partial charge < -0.3 is 4.74 Å². The molecule has 2 heteroatoms. The van der Waals surface area contributed by atoms with E-state index in [1.54, 1.807) is 7.11 Å². The Morgan fingerprint density at radius 2 is 2.31 bits per heavy atom. The molecule has 0 amide bonds. The van der Waals surface area contributed by atoms with Crippen LogP contribution >= 0.6 is 15.9 Å². The van der Waals surface area contributed by atoms with Crippen molar-refractivity contribution in [1.82, 2.24) is 0 Å². The minimum Gasteiger partial charge on any atom is -0.497 e. The quantitative estimate of drug-likeness (QED) is 0.732. The molecule has 0 N–H and O–H groups in total. The van der Waals surface area contributed by atoms with Crippen LogP contribution in [0.3, 0.4) is 0 Å². The molecule has 0 bridgehead atoms. The molecule has 1 aromatic rings.